The number of nitrogens with one attached hydrogen (secondary N) is 1. The summed E-state index contributed by atoms with van der Waals surface area (Å²) in [6.07, 6.45) is 1.42. The van der Waals surface area contributed by atoms with Crippen molar-refractivity contribution in [1.29, 1.82) is 0 Å². The Labute approximate surface area is 111 Å². The summed E-state index contributed by atoms with van der Waals surface area (Å²) >= 11 is 0. The minimum atomic E-state index is -2.94. The Kier molecular flexibility index (Phi) is 4.16. The minimum absolute atomic E-state index is 0.00668. The standard InChI is InChI=1S/C12H16N2O4S/c15-12(16)11-5-1-3-9(14-11)7-13-8-10-4-2-6-19(10,17)18/h1,3,5,10,13H,2,4,6-8H2,(H,15,16). The number of carboxylic acids is 1. The Morgan fingerprint density at radius 3 is 2.89 bits per heavy atom. The summed E-state index contributed by atoms with van der Waals surface area (Å²) in [5.74, 6) is -0.799. The molecular formula is C12H16N2O4S. The van der Waals surface area contributed by atoms with Gasteiger partial charge in [-0.15, -0.1) is 0 Å². The Bertz CT molecular complexity index is 571. The van der Waals surface area contributed by atoms with Crippen molar-refractivity contribution in [3.63, 3.8) is 0 Å². The highest BCUT2D eigenvalue weighted by Gasteiger charge is 2.30. The molecular weight excluding hydrogens is 268 g/mol. The van der Waals surface area contributed by atoms with Crippen LogP contribution in [0, 0.1) is 0 Å². The van der Waals surface area contributed by atoms with E-state index in [1.807, 2.05) is 0 Å². The van der Waals surface area contributed by atoms with Gasteiger partial charge in [-0.2, -0.15) is 0 Å². The molecule has 1 aromatic rings. The second-order valence-corrected chi connectivity index (χ2v) is 6.98. The molecule has 0 amide bonds. The number of aromatic carboxylic acids is 1. The maximum atomic E-state index is 11.6. The van der Waals surface area contributed by atoms with Crippen LogP contribution >= 0.6 is 0 Å². The third-order valence-corrected chi connectivity index (χ3v) is 5.44. The summed E-state index contributed by atoms with van der Waals surface area (Å²) in [6, 6.07) is 4.76. The van der Waals surface area contributed by atoms with Gasteiger partial charge in [0.05, 0.1) is 16.7 Å². The lowest BCUT2D eigenvalue weighted by molar-refractivity contribution is 0.0690. The normalized spacial score (nSPS) is 21.4. The molecule has 1 aliphatic heterocycles. The van der Waals surface area contributed by atoms with E-state index in [1.165, 1.54) is 6.07 Å². The topological polar surface area (TPSA) is 96.4 Å². The van der Waals surface area contributed by atoms with E-state index in [0.29, 0.717) is 25.2 Å². The molecule has 0 spiro atoms. The minimum Gasteiger partial charge on any atom is -0.477 e. The molecule has 6 nitrogen and oxygen atoms in total. The molecule has 1 aromatic heterocycles. The quantitative estimate of drug-likeness (QED) is 0.814. The van der Waals surface area contributed by atoms with Crippen molar-refractivity contribution >= 4 is 15.8 Å². The Morgan fingerprint density at radius 2 is 2.26 bits per heavy atom. The van der Waals surface area contributed by atoms with E-state index in [-0.39, 0.29) is 16.7 Å². The number of nitrogens with zero attached hydrogens (tertiary/aromatic N) is 1. The van der Waals surface area contributed by atoms with E-state index in [0.717, 1.165) is 6.42 Å². The van der Waals surface area contributed by atoms with Gasteiger partial charge < -0.3 is 10.4 Å². The highest BCUT2D eigenvalue weighted by Crippen LogP contribution is 2.19. The van der Waals surface area contributed by atoms with Crippen LogP contribution in [0.2, 0.25) is 0 Å². The monoisotopic (exact) mass is 284 g/mol. The molecule has 2 rings (SSSR count). The van der Waals surface area contributed by atoms with Crippen molar-refractivity contribution in [2.24, 2.45) is 0 Å². The SMILES string of the molecule is O=C(O)c1cccc(CNCC2CCCS2(=O)=O)n1. The van der Waals surface area contributed by atoms with Crippen molar-refractivity contribution in [2.75, 3.05) is 12.3 Å². The second kappa shape index (κ2) is 5.66. The number of aromatic nitrogens is 1. The highest BCUT2D eigenvalue weighted by molar-refractivity contribution is 7.92. The molecule has 1 fully saturated rings. The third-order valence-electron chi connectivity index (χ3n) is 3.17. The first-order chi connectivity index (χ1) is 8.99. The zero-order chi connectivity index (χ0) is 13.9. The largest absolute Gasteiger partial charge is 0.477 e. The van der Waals surface area contributed by atoms with Gasteiger partial charge in [-0.25, -0.2) is 18.2 Å². The Balaban J connectivity index is 1.89. The molecule has 19 heavy (non-hydrogen) atoms. The molecule has 1 aliphatic rings. The molecule has 1 unspecified atom stereocenters. The molecule has 2 N–H and O–H groups in total. The number of carboxylic acid groups (broad SMARTS) is 1. The van der Waals surface area contributed by atoms with Gasteiger partial charge in [0.25, 0.3) is 0 Å². The number of hydrogen-bond acceptors (Lipinski definition) is 5. The number of rotatable bonds is 5. The van der Waals surface area contributed by atoms with Gasteiger partial charge >= 0.3 is 5.97 Å². The zero-order valence-corrected chi connectivity index (χ0v) is 11.2. The molecule has 104 valence electrons. The average molecular weight is 284 g/mol. The van der Waals surface area contributed by atoms with Gasteiger partial charge in [-0.3, -0.25) is 0 Å². The predicted molar refractivity (Wildman–Crippen MR) is 69.7 cm³/mol. The number of carbonyl (C=O) groups is 1. The van der Waals surface area contributed by atoms with E-state index < -0.39 is 15.8 Å². The van der Waals surface area contributed by atoms with E-state index >= 15 is 0 Å². The Morgan fingerprint density at radius 1 is 1.47 bits per heavy atom. The van der Waals surface area contributed by atoms with Gasteiger partial charge in [-0.05, 0) is 25.0 Å². The van der Waals surface area contributed by atoms with Gasteiger partial charge in [0, 0.05) is 13.1 Å². The van der Waals surface area contributed by atoms with Crippen molar-refractivity contribution in [1.82, 2.24) is 10.3 Å². The van der Waals surface area contributed by atoms with Crippen LogP contribution in [0.5, 0.6) is 0 Å². The lowest BCUT2D eigenvalue weighted by Crippen LogP contribution is -2.30. The summed E-state index contributed by atoms with van der Waals surface area (Å²) in [6.45, 7) is 0.758. The molecule has 0 aliphatic carbocycles. The van der Waals surface area contributed by atoms with E-state index in [1.54, 1.807) is 12.1 Å². The molecule has 1 atom stereocenters. The summed E-state index contributed by atoms with van der Waals surface area (Å²) < 4.78 is 23.2. The first-order valence-electron chi connectivity index (χ1n) is 6.10. The zero-order valence-electron chi connectivity index (χ0n) is 10.4. The molecule has 0 saturated carbocycles. The van der Waals surface area contributed by atoms with Crippen LogP contribution in [0.1, 0.15) is 29.0 Å². The van der Waals surface area contributed by atoms with Crippen molar-refractivity contribution in [2.45, 2.75) is 24.6 Å². The lowest BCUT2D eigenvalue weighted by atomic mass is 10.2. The molecule has 1 saturated heterocycles. The van der Waals surface area contributed by atoms with E-state index in [2.05, 4.69) is 10.3 Å². The highest BCUT2D eigenvalue weighted by atomic mass is 32.2. The molecule has 7 heteroatoms. The number of sulfone groups is 1. The fourth-order valence-electron chi connectivity index (χ4n) is 2.15. The van der Waals surface area contributed by atoms with Crippen LogP contribution in [-0.2, 0) is 16.4 Å². The van der Waals surface area contributed by atoms with Crippen LogP contribution < -0.4 is 5.32 Å². The summed E-state index contributed by atoms with van der Waals surface area (Å²) in [5.41, 5.74) is 0.586. The van der Waals surface area contributed by atoms with Crippen LogP contribution in [-0.4, -0.2) is 42.0 Å². The number of hydrogen-bond donors (Lipinski definition) is 2. The third kappa shape index (κ3) is 3.51. The summed E-state index contributed by atoms with van der Waals surface area (Å²) in [7, 11) is -2.94. The van der Waals surface area contributed by atoms with Crippen molar-refractivity contribution < 1.29 is 18.3 Å². The fourth-order valence-corrected chi connectivity index (χ4v) is 3.95. The first kappa shape index (κ1) is 14.0. The molecule has 0 radical (unpaired) electrons. The van der Waals surface area contributed by atoms with Gasteiger partial charge in [0.1, 0.15) is 5.69 Å². The molecule has 0 aromatic carbocycles. The van der Waals surface area contributed by atoms with Gasteiger partial charge in [0.2, 0.25) is 0 Å². The fraction of sp³-hybridized carbons (Fsp3) is 0.500. The maximum absolute atomic E-state index is 11.6. The van der Waals surface area contributed by atoms with Crippen molar-refractivity contribution in [3.05, 3.63) is 29.6 Å². The van der Waals surface area contributed by atoms with Crippen molar-refractivity contribution in [3.8, 4) is 0 Å². The second-order valence-electron chi connectivity index (χ2n) is 4.58. The van der Waals surface area contributed by atoms with Crippen LogP contribution in [0.15, 0.2) is 18.2 Å². The van der Waals surface area contributed by atoms with Crippen LogP contribution in [0.4, 0.5) is 0 Å². The smallest absolute Gasteiger partial charge is 0.354 e. The lowest BCUT2D eigenvalue weighted by Gasteiger charge is -2.10. The van der Waals surface area contributed by atoms with E-state index in [4.69, 9.17) is 5.11 Å². The Hall–Kier alpha value is -1.47. The van der Waals surface area contributed by atoms with Crippen LogP contribution in [0.25, 0.3) is 0 Å². The predicted octanol–water partition coefficient (Wildman–Crippen LogP) is 0.447. The van der Waals surface area contributed by atoms with Crippen LogP contribution in [0.3, 0.4) is 0 Å². The summed E-state index contributed by atoms with van der Waals surface area (Å²) in [4.78, 5) is 14.7. The molecule has 2 heterocycles. The maximum Gasteiger partial charge on any atom is 0.354 e. The van der Waals surface area contributed by atoms with E-state index in [9.17, 15) is 13.2 Å². The first-order valence-corrected chi connectivity index (χ1v) is 7.82. The summed E-state index contributed by atoms with van der Waals surface area (Å²) in [5, 5.41) is 11.5. The van der Waals surface area contributed by atoms with Gasteiger partial charge in [0.15, 0.2) is 9.84 Å². The average Bonchev–Trinajstić information content (AvgIpc) is 2.69. The molecule has 0 bridgehead atoms. The van der Waals surface area contributed by atoms with Gasteiger partial charge in [-0.1, -0.05) is 6.07 Å². The number of pyridine rings is 1.